The topological polar surface area (TPSA) is 90.4 Å². The van der Waals surface area contributed by atoms with Gasteiger partial charge in [0.15, 0.2) is 5.82 Å². The first kappa shape index (κ1) is 19.1. The lowest BCUT2D eigenvalue weighted by atomic mass is 10.2. The van der Waals surface area contributed by atoms with Gasteiger partial charge in [0.05, 0.1) is 11.2 Å². The maximum absolute atomic E-state index is 13.0. The van der Waals surface area contributed by atoms with Gasteiger partial charge in [-0.3, -0.25) is 0 Å². The van der Waals surface area contributed by atoms with Crippen LogP contribution in [0, 0.1) is 12.7 Å². The predicted octanol–water partition coefficient (Wildman–Crippen LogP) is 3.88. The normalized spacial score (nSPS) is 11.1. The fraction of sp³-hybridized carbons (Fsp3) is 0.118. The van der Waals surface area contributed by atoms with Crippen LogP contribution in [0.15, 0.2) is 46.0 Å². The van der Waals surface area contributed by atoms with Gasteiger partial charge < -0.3 is 10.6 Å². The predicted molar refractivity (Wildman–Crippen MR) is 106 cm³/mol. The summed E-state index contributed by atoms with van der Waals surface area (Å²) >= 11 is 9.70. The summed E-state index contributed by atoms with van der Waals surface area (Å²) in [5.74, 6) is 6.73. The van der Waals surface area contributed by atoms with E-state index in [1.807, 2.05) is 0 Å². The zero-order valence-corrected chi connectivity index (χ0v) is 16.5. The summed E-state index contributed by atoms with van der Waals surface area (Å²) in [5, 5.41) is 12.2. The molecule has 1 aromatic heterocycles. The second kappa shape index (κ2) is 8.36. The van der Waals surface area contributed by atoms with Crippen LogP contribution < -0.4 is 16.0 Å². The van der Waals surface area contributed by atoms with Gasteiger partial charge in [-0.25, -0.2) is 14.5 Å². The molecule has 0 saturated heterocycles. The second-order valence-electron chi connectivity index (χ2n) is 5.53. The summed E-state index contributed by atoms with van der Waals surface area (Å²) in [6.07, 6.45) is 1.53. The highest BCUT2D eigenvalue weighted by Crippen LogP contribution is 2.32. The molecule has 2 aromatic carbocycles. The number of nitrogens with zero attached hydrogens (tertiary/aromatic N) is 4. The summed E-state index contributed by atoms with van der Waals surface area (Å²) in [4.78, 5) is 0. The molecule has 27 heavy (non-hydrogen) atoms. The molecule has 0 unspecified atom stereocenters. The maximum atomic E-state index is 13.0. The Balaban J connectivity index is 1.78. The molecule has 3 rings (SSSR count). The van der Waals surface area contributed by atoms with Crippen LogP contribution in [-0.4, -0.2) is 21.1 Å². The molecule has 1 heterocycles. The Hall–Kier alpha value is -2.65. The third kappa shape index (κ3) is 4.75. The number of rotatable bonds is 6. The molecule has 140 valence electrons. The fourth-order valence-electron chi connectivity index (χ4n) is 2.17. The van der Waals surface area contributed by atoms with E-state index in [2.05, 4.69) is 36.7 Å². The molecule has 3 aromatic rings. The van der Waals surface area contributed by atoms with Crippen molar-refractivity contribution in [3.8, 4) is 5.75 Å². The zero-order valence-electron chi connectivity index (χ0n) is 14.2. The van der Waals surface area contributed by atoms with E-state index in [0.29, 0.717) is 28.1 Å². The zero-order chi connectivity index (χ0) is 19.4. The average molecular weight is 454 g/mol. The van der Waals surface area contributed by atoms with E-state index in [9.17, 15) is 4.39 Å². The van der Waals surface area contributed by atoms with Crippen LogP contribution in [0.5, 0.6) is 5.75 Å². The first-order chi connectivity index (χ1) is 12.9. The Labute approximate surface area is 168 Å². The van der Waals surface area contributed by atoms with Crippen molar-refractivity contribution < 1.29 is 9.13 Å². The Morgan fingerprint density at radius 1 is 1.33 bits per heavy atom. The van der Waals surface area contributed by atoms with Crippen LogP contribution >= 0.6 is 27.5 Å². The molecule has 0 spiro atoms. The molecule has 0 atom stereocenters. The number of hydrogen-bond acceptors (Lipinski definition) is 6. The summed E-state index contributed by atoms with van der Waals surface area (Å²) in [6, 6.07) is 9.56. The highest BCUT2D eigenvalue weighted by atomic mass is 79.9. The number of aryl methyl sites for hydroxylation is 1. The van der Waals surface area contributed by atoms with E-state index in [1.54, 1.807) is 31.2 Å². The number of anilines is 1. The van der Waals surface area contributed by atoms with Crippen molar-refractivity contribution in [3.05, 3.63) is 68.7 Å². The van der Waals surface area contributed by atoms with Crippen LogP contribution in [0.2, 0.25) is 5.02 Å². The molecular formula is C17H15BrClFN6O. The molecule has 0 amide bonds. The smallest absolute Gasteiger partial charge is 0.263 e. The van der Waals surface area contributed by atoms with Gasteiger partial charge in [-0.1, -0.05) is 39.7 Å². The van der Waals surface area contributed by atoms with Gasteiger partial charge in [-0.15, -0.1) is 10.2 Å². The van der Waals surface area contributed by atoms with Crippen LogP contribution in [-0.2, 0) is 6.61 Å². The number of nitrogens with one attached hydrogen (secondary N) is 1. The lowest BCUT2D eigenvalue weighted by molar-refractivity contribution is 0.306. The van der Waals surface area contributed by atoms with Crippen LogP contribution in [0.25, 0.3) is 0 Å². The van der Waals surface area contributed by atoms with Crippen LogP contribution in [0.4, 0.5) is 10.3 Å². The van der Waals surface area contributed by atoms with Gasteiger partial charge in [0.2, 0.25) is 0 Å². The number of hydrazone groups is 1. The monoisotopic (exact) mass is 452 g/mol. The minimum Gasteiger partial charge on any atom is -0.487 e. The Kier molecular flexibility index (Phi) is 5.92. The van der Waals surface area contributed by atoms with E-state index in [4.69, 9.17) is 22.2 Å². The summed E-state index contributed by atoms with van der Waals surface area (Å²) < 4.78 is 20.9. The number of ether oxygens (including phenoxy) is 1. The van der Waals surface area contributed by atoms with Gasteiger partial charge in [0.1, 0.15) is 18.2 Å². The third-order valence-corrected chi connectivity index (χ3v) is 4.31. The minimum atomic E-state index is -0.303. The Morgan fingerprint density at radius 2 is 2.07 bits per heavy atom. The van der Waals surface area contributed by atoms with E-state index in [-0.39, 0.29) is 12.4 Å². The van der Waals surface area contributed by atoms with Crippen molar-refractivity contribution in [2.75, 3.05) is 11.3 Å². The molecule has 0 radical (unpaired) electrons. The fourth-order valence-corrected chi connectivity index (χ4v) is 3.06. The van der Waals surface area contributed by atoms with Crippen molar-refractivity contribution in [3.63, 3.8) is 0 Å². The van der Waals surface area contributed by atoms with Gasteiger partial charge in [0, 0.05) is 10.0 Å². The van der Waals surface area contributed by atoms with Gasteiger partial charge in [-0.2, -0.15) is 5.10 Å². The van der Waals surface area contributed by atoms with E-state index in [0.717, 1.165) is 10.0 Å². The molecule has 0 bridgehead atoms. The Bertz CT molecular complexity index is 976. The summed E-state index contributed by atoms with van der Waals surface area (Å²) in [5.41, 5.74) is 4.14. The van der Waals surface area contributed by atoms with Crippen molar-refractivity contribution in [1.82, 2.24) is 14.9 Å². The first-order valence-corrected chi connectivity index (χ1v) is 8.93. The number of hydrogen-bond donors (Lipinski definition) is 2. The van der Waals surface area contributed by atoms with Crippen LogP contribution in [0.3, 0.4) is 0 Å². The molecule has 7 nitrogen and oxygen atoms in total. The number of aromatic nitrogens is 3. The largest absolute Gasteiger partial charge is 0.487 e. The lowest BCUT2D eigenvalue weighted by Gasteiger charge is -2.12. The van der Waals surface area contributed by atoms with Crippen LogP contribution in [0.1, 0.15) is 17.0 Å². The first-order valence-electron chi connectivity index (χ1n) is 7.76. The van der Waals surface area contributed by atoms with Crippen molar-refractivity contribution in [1.29, 1.82) is 0 Å². The van der Waals surface area contributed by atoms with Crippen molar-refractivity contribution in [2.24, 2.45) is 5.10 Å². The standard InChI is InChI=1S/C17H15BrClFN6O/c1-10-23-25-17(26(10)21)24-22-8-12-6-13(18)7-15(19)16(12)27-9-11-2-4-14(20)5-3-11/h2-8H,9,21H2,1H3,(H,24,25). The number of nitrogen functional groups attached to an aromatic ring is 1. The van der Waals surface area contributed by atoms with Crippen molar-refractivity contribution >= 4 is 39.7 Å². The van der Waals surface area contributed by atoms with E-state index in [1.165, 1.54) is 23.0 Å². The quantitative estimate of drug-likeness (QED) is 0.336. The minimum absolute atomic E-state index is 0.228. The second-order valence-corrected chi connectivity index (χ2v) is 6.85. The maximum Gasteiger partial charge on any atom is 0.263 e. The SMILES string of the molecule is Cc1nnc(NN=Cc2cc(Br)cc(Cl)c2OCc2ccc(F)cc2)n1N. The van der Waals surface area contributed by atoms with Gasteiger partial charge in [-0.05, 0) is 36.8 Å². The molecule has 0 aliphatic heterocycles. The Morgan fingerprint density at radius 3 is 2.74 bits per heavy atom. The number of nitrogens with two attached hydrogens (primary N) is 1. The summed E-state index contributed by atoms with van der Waals surface area (Å²) in [7, 11) is 0. The molecular weight excluding hydrogens is 439 g/mol. The highest BCUT2D eigenvalue weighted by molar-refractivity contribution is 9.10. The number of benzene rings is 2. The highest BCUT2D eigenvalue weighted by Gasteiger charge is 2.10. The number of halogens is 3. The molecule has 3 N–H and O–H groups in total. The van der Waals surface area contributed by atoms with E-state index < -0.39 is 0 Å². The molecule has 10 heteroatoms. The van der Waals surface area contributed by atoms with Gasteiger partial charge in [0.25, 0.3) is 5.95 Å². The molecule has 0 aliphatic rings. The average Bonchev–Trinajstić information content (AvgIpc) is 2.94. The molecule has 0 aliphatic carbocycles. The summed E-state index contributed by atoms with van der Waals surface area (Å²) in [6.45, 7) is 1.95. The molecule has 0 fully saturated rings. The third-order valence-electron chi connectivity index (χ3n) is 3.57. The lowest BCUT2D eigenvalue weighted by Crippen LogP contribution is -2.13. The van der Waals surface area contributed by atoms with Gasteiger partial charge >= 0.3 is 0 Å². The van der Waals surface area contributed by atoms with Crippen molar-refractivity contribution in [2.45, 2.75) is 13.5 Å². The van der Waals surface area contributed by atoms with E-state index >= 15 is 0 Å². The molecule has 0 saturated carbocycles.